The summed E-state index contributed by atoms with van der Waals surface area (Å²) in [5.74, 6) is 0. The zero-order valence-electron chi connectivity index (χ0n) is 16.1. The van der Waals surface area contributed by atoms with Crippen LogP contribution in [0.4, 0.5) is 5.69 Å². The van der Waals surface area contributed by atoms with Gasteiger partial charge in [0.25, 0.3) is 6.47 Å². The number of rotatable bonds is 3. The van der Waals surface area contributed by atoms with Gasteiger partial charge in [-0.3, -0.25) is 9.69 Å². The molecule has 0 aliphatic carbocycles. The Labute approximate surface area is 154 Å². The number of carboxylic acid groups (broad SMARTS) is 1. The number of fused-ring (bicyclic) bond motifs is 1. The maximum Gasteiger partial charge on any atom is 0.316 e. The number of benzene rings is 1. The van der Waals surface area contributed by atoms with Crippen molar-refractivity contribution in [3.63, 3.8) is 0 Å². The van der Waals surface area contributed by atoms with Gasteiger partial charge >= 0.3 is 6.01 Å². The summed E-state index contributed by atoms with van der Waals surface area (Å²) in [6.07, 6.45) is 1.89. The summed E-state index contributed by atoms with van der Waals surface area (Å²) >= 11 is 0. The van der Waals surface area contributed by atoms with Crippen LogP contribution in [0.2, 0.25) is 0 Å². The number of hydrogen-bond donors (Lipinski definition) is 1. The first-order chi connectivity index (χ1) is 12.5. The Kier molecular flexibility index (Phi) is 6.74. The number of aryl methyl sites for hydroxylation is 1. The van der Waals surface area contributed by atoms with E-state index in [-0.39, 0.29) is 6.47 Å². The third-order valence-corrected chi connectivity index (χ3v) is 4.90. The van der Waals surface area contributed by atoms with Crippen molar-refractivity contribution in [2.45, 2.75) is 39.8 Å². The molecule has 0 amide bonds. The Hall–Kier alpha value is -2.41. The summed E-state index contributed by atoms with van der Waals surface area (Å²) in [4.78, 5) is 22.3. The summed E-state index contributed by atoms with van der Waals surface area (Å²) in [6, 6.07) is 5.86. The van der Waals surface area contributed by atoms with Gasteiger partial charge < -0.3 is 14.7 Å². The van der Waals surface area contributed by atoms with Crippen LogP contribution in [0.1, 0.15) is 26.3 Å². The van der Waals surface area contributed by atoms with Crippen LogP contribution in [0.25, 0.3) is 10.9 Å². The first kappa shape index (κ1) is 19.9. The highest BCUT2D eigenvalue weighted by atomic mass is 16.5. The molecular formula is C19H28N4O3. The molecule has 1 saturated heterocycles. The Morgan fingerprint density at radius 2 is 1.92 bits per heavy atom. The van der Waals surface area contributed by atoms with E-state index in [1.165, 1.54) is 5.69 Å². The van der Waals surface area contributed by atoms with Gasteiger partial charge in [0, 0.05) is 42.4 Å². The molecule has 1 aromatic carbocycles. The summed E-state index contributed by atoms with van der Waals surface area (Å²) in [6.45, 7) is 11.9. The van der Waals surface area contributed by atoms with E-state index in [1.807, 2.05) is 6.20 Å². The minimum atomic E-state index is -0.250. The smallest absolute Gasteiger partial charge is 0.316 e. The van der Waals surface area contributed by atoms with Crippen molar-refractivity contribution >= 4 is 23.1 Å². The predicted octanol–water partition coefficient (Wildman–Crippen LogP) is 2.57. The molecule has 26 heavy (non-hydrogen) atoms. The fraction of sp³-hybridized carbons (Fsp3) is 0.526. The number of ether oxygens (including phenoxy) is 1. The molecule has 2 aromatic rings. The molecule has 142 valence electrons. The zero-order valence-corrected chi connectivity index (χ0v) is 16.1. The molecule has 7 heteroatoms. The maximum atomic E-state index is 8.36. The van der Waals surface area contributed by atoms with Crippen molar-refractivity contribution in [2.75, 3.05) is 31.6 Å². The van der Waals surface area contributed by atoms with Gasteiger partial charge in [-0.25, -0.2) is 4.98 Å². The number of nitrogens with zero attached hydrogens (tertiary/aromatic N) is 4. The van der Waals surface area contributed by atoms with Gasteiger partial charge in [-0.05, 0) is 38.9 Å². The highest BCUT2D eigenvalue weighted by molar-refractivity contribution is 5.93. The van der Waals surface area contributed by atoms with Crippen LogP contribution in [-0.2, 0) is 4.79 Å². The number of aromatic nitrogens is 2. The average Bonchev–Trinajstić information content (AvgIpc) is 2.62. The number of anilines is 1. The Balaban J connectivity index is 0.000000758. The van der Waals surface area contributed by atoms with E-state index >= 15 is 0 Å². The molecule has 3 rings (SSSR count). The molecular weight excluding hydrogens is 332 g/mol. The van der Waals surface area contributed by atoms with Gasteiger partial charge in [0.15, 0.2) is 0 Å². The van der Waals surface area contributed by atoms with Crippen molar-refractivity contribution in [3.05, 3.63) is 23.9 Å². The van der Waals surface area contributed by atoms with Crippen molar-refractivity contribution < 1.29 is 14.6 Å². The lowest BCUT2D eigenvalue weighted by Crippen LogP contribution is -2.56. The molecule has 1 aliphatic rings. The highest BCUT2D eigenvalue weighted by Gasteiger charge is 2.29. The first-order valence-corrected chi connectivity index (χ1v) is 8.85. The molecule has 0 spiro atoms. The fourth-order valence-electron chi connectivity index (χ4n) is 3.78. The molecule has 1 aliphatic heterocycles. The highest BCUT2D eigenvalue weighted by Crippen LogP contribution is 2.31. The standard InChI is InChI=1S/C18H26N4O.CH2O2/c1-6-22-13(3)10-21(11-14(22)4)16-8-7-12(2)17-15(16)9-19-18(20-17)23-5;2-1-3/h7-9,13-14H,6,10-11H2,1-5H3;1H,(H,2,3). The van der Waals surface area contributed by atoms with Crippen LogP contribution in [0, 0.1) is 6.92 Å². The second-order valence-corrected chi connectivity index (χ2v) is 6.56. The molecule has 7 nitrogen and oxygen atoms in total. The zero-order chi connectivity index (χ0) is 19.3. The number of methoxy groups -OCH3 is 1. The Morgan fingerprint density at radius 1 is 1.31 bits per heavy atom. The van der Waals surface area contributed by atoms with Crippen molar-refractivity contribution in [1.29, 1.82) is 0 Å². The summed E-state index contributed by atoms with van der Waals surface area (Å²) < 4.78 is 5.18. The van der Waals surface area contributed by atoms with Crippen LogP contribution >= 0.6 is 0 Å². The van der Waals surface area contributed by atoms with Gasteiger partial charge in [-0.2, -0.15) is 4.98 Å². The lowest BCUT2D eigenvalue weighted by molar-refractivity contribution is -0.122. The second-order valence-electron chi connectivity index (χ2n) is 6.56. The van der Waals surface area contributed by atoms with E-state index < -0.39 is 0 Å². The van der Waals surface area contributed by atoms with Crippen molar-refractivity contribution in [2.24, 2.45) is 0 Å². The quantitative estimate of drug-likeness (QED) is 0.843. The van der Waals surface area contributed by atoms with Crippen molar-refractivity contribution in [1.82, 2.24) is 14.9 Å². The van der Waals surface area contributed by atoms with Crippen LogP contribution < -0.4 is 9.64 Å². The average molecular weight is 360 g/mol. The van der Waals surface area contributed by atoms with E-state index in [0.717, 1.165) is 36.1 Å². The second kappa shape index (κ2) is 8.80. The number of piperazine rings is 1. The molecule has 2 heterocycles. The largest absolute Gasteiger partial charge is 0.483 e. The Morgan fingerprint density at radius 3 is 2.46 bits per heavy atom. The third-order valence-electron chi connectivity index (χ3n) is 4.90. The topological polar surface area (TPSA) is 78.8 Å². The van der Waals surface area contributed by atoms with Crippen molar-refractivity contribution in [3.8, 4) is 6.01 Å². The number of hydrogen-bond acceptors (Lipinski definition) is 6. The van der Waals surface area contributed by atoms with Gasteiger partial charge in [-0.1, -0.05) is 13.0 Å². The maximum absolute atomic E-state index is 8.36. The summed E-state index contributed by atoms with van der Waals surface area (Å²) in [5.41, 5.74) is 3.35. The van der Waals surface area contributed by atoms with Crippen LogP contribution in [0.5, 0.6) is 6.01 Å². The minimum Gasteiger partial charge on any atom is -0.483 e. The van der Waals surface area contributed by atoms with E-state index in [9.17, 15) is 0 Å². The first-order valence-electron chi connectivity index (χ1n) is 8.85. The molecule has 1 aromatic heterocycles. The van der Waals surface area contributed by atoms with Gasteiger partial charge in [-0.15, -0.1) is 0 Å². The molecule has 2 unspecified atom stereocenters. The third kappa shape index (κ3) is 4.04. The minimum absolute atomic E-state index is 0.250. The van der Waals surface area contributed by atoms with E-state index in [1.54, 1.807) is 7.11 Å². The number of carbonyl (C=O) groups is 1. The monoisotopic (exact) mass is 360 g/mol. The van der Waals surface area contributed by atoms with Gasteiger partial charge in [0.2, 0.25) is 0 Å². The molecule has 1 N–H and O–H groups in total. The van der Waals surface area contributed by atoms with Crippen LogP contribution in [0.3, 0.4) is 0 Å². The fourth-order valence-corrected chi connectivity index (χ4v) is 3.78. The number of likely N-dealkylation sites (N-methyl/N-ethyl adjacent to an activating group) is 1. The predicted molar refractivity (Wildman–Crippen MR) is 103 cm³/mol. The van der Waals surface area contributed by atoms with E-state index in [4.69, 9.17) is 14.6 Å². The molecule has 0 saturated carbocycles. The van der Waals surface area contributed by atoms with Crippen LogP contribution in [0.15, 0.2) is 18.3 Å². The molecule has 0 radical (unpaired) electrons. The normalized spacial score (nSPS) is 20.4. The SMILES string of the molecule is CCN1C(C)CN(c2ccc(C)c3nc(OC)ncc23)CC1C.O=CO. The van der Waals surface area contributed by atoms with Gasteiger partial charge in [0.05, 0.1) is 12.6 Å². The lowest BCUT2D eigenvalue weighted by Gasteiger charge is -2.45. The summed E-state index contributed by atoms with van der Waals surface area (Å²) in [7, 11) is 1.60. The van der Waals surface area contributed by atoms with E-state index in [2.05, 4.69) is 59.6 Å². The molecule has 0 bridgehead atoms. The van der Waals surface area contributed by atoms with Crippen LogP contribution in [-0.4, -0.2) is 65.3 Å². The Bertz CT molecular complexity index is 741. The van der Waals surface area contributed by atoms with Gasteiger partial charge in [0.1, 0.15) is 0 Å². The van der Waals surface area contributed by atoms with E-state index in [0.29, 0.717) is 18.1 Å². The molecule has 2 atom stereocenters. The summed E-state index contributed by atoms with van der Waals surface area (Å²) in [5, 5.41) is 8.00. The lowest BCUT2D eigenvalue weighted by atomic mass is 10.0. The molecule has 1 fully saturated rings.